The van der Waals surface area contributed by atoms with E-state index in [0.29, 0.717) is 40.7 Å². The van der Waals surface area contributed by atoms with Gasteiger partial charge in [0.2, 0.25) is 0 Å². The van der Waals surface area contributed by atoms with Crippen molar-refractivity contribution in [1.82, 2.24) is 20.4 Å². The molecule has 2 aromatic carbocycles. The lowest BCUT2D eigenvalue weighted by Crippen LogP contribution is -2.36. The van der Waals surface area contributed by atoms with E-state index >= 15 is 0 Å². The predicted molar refractivity (Wildman–Crippen MR) is 138 cm³/mol. The summed E-state index contributed by atoms with van der Waals surface area (Å²) in [4.78, 5) is 19.2. The summed E-state index contributed by atoms with van der Waals surface area (Å²) in [6.07, 6.45) is -8.36. The van der Waals surface area contributed by atoms with Gasteiger partial charge in [-0.1, -0.05) is 12.1 Å². The van der Waals surface area contributed by atoms with Gasteiger partial charge in [-0.05, 0) is 65.6 Å². The number of aromatic amines is 1. The second kappa shape index (κ2) is 10.6. The molecule has 3 aromatic rings. The third kappa shape index (κ3) is 5.60. The van der Waals surface area contributed by atoms with Crippen molar-refractivity contribution in [1.29, 1.82) is 0 Å². The van der Waals surface area contributed by atoms with Crippen LogP contribution in [0.4, 0.5) is 26.3 Å². The van der Waals surface area contributed by atoms with Gasteiger partial charge in [0.25, 0.3) is 5.91 Å². The Balaban J connectivity index is 1.57. The van der Waals surface area contributed by atoms with Crippen LogP contribution in [-0.4, -0.2) is 63.6 Å². The zero-order valence-corrected chi connectivity index (χ0v) is 21.7. The highest BCUT2D eigenvalue weighted by Gasteiger charge is 2.39. The van der Waals surface area contributed by atoms with Gasteiger partial charge >= 0.3 is 12.4 Å². The molecule has 2 atom stereocenters. The van der Waals surface area contributed by atoms with Gasteiger partial charge in [0, 0.05) is 31.1 Å². The van der Waals surface area contributed by atoms with Crippen molar-refractivity contribution >= 4 is 39.3 Å². The summed E-state index contributed by atoms with van der Waals surface area (Å²) >= 11 is 1.00. The number of allylic oxidation sites excluding steroid dienone is 1. The van der Waals surface area contributed by atoms with Crippen LogP contribution < -0.4 is 5.32 Å². The van der Waals surface area contributed by atoms with Crippen LogP contribution in [-0.2, 0) is 23.6 Å². The number of aliphatic imine (C=N–C) groups is 1. The summed E-state index contributed by atoms with van der Waals surface area (Å²) in [5.74, 6) is -0.653. The predicted octanol–water partition coefficient (Wildman–Crippen LogP) is 4.84. The van der Waals surface area contributed by atoms with E-state index < -0.39 is 41.4 Å². The lowest BCUT2D eigenvalue weighted by Gasteiger charge is -2.25. The summed E-state index contributed by atoms with van der Waals surface area (Å²) in [6.45, 7) is 0.488. The second-order valence-corrected chi connectivity index (χ2v) is 10.6. The molecule has 1 aromatic heterocycles. The van der Waals surface area contributed by atoms with Crippen molar-refractivity contribution < 1.29 is 36.2 Å². The van der Waals surface area contributed by atoms with Crippen molar-refractivity contribution in [3.63, 3.8) is 0 Å². The maximum Gasteiger partial charge on any atom is 0.416 e. The van der Waals surface area contributed by atoms with Crippen molar-refractivity contribution in [2.24, 2.45) is 4.99 Å². The van der Waals surface area contributed by atoms with E-state index in [-0.39, 0.29) is 35.2 Å². The van der Waals surface area contributed by atoms with Gasteiger partial charge < -0.3 is 15.3 Å². The van der Waals surface area contributed by atoms with Crippen molar-refractivity contribution in [3.05, 3.63) is 69.8 Å². The van der Waals surface area contributed by atoms with Crippen LogP contribution >= 0.6 is 11.8 Å². The Morgan fingerprint density at radius 1 is 1.12 bits per heavy atom. The number of halogens is 6. The van der Waals surface area contributed by atoms with Gasteiger partial charge in [-0.2, -0.15) is 36.4 Å². The Kier molecular flexibility index (Phi) is 7.44. The van der Waals surface area contributed by atoms with Crippen LogP contribution in [0.5, 0.6) is 0 Å². The molecule has 2 unspecified atom stereocenters. The van der Waals surface area contributed by atoms with Gasteiger partial charge in [0.05, 0.1) is 34.4 Å². The number of benzene rings is 2. The Morgan fingerprint density at radius 3 is 2.58 bits per heavy atom. The number of carbonyl (C=O) groups is 1. The van der Waals surface area contributed by atoms with E-state index in [1.165, 1.54) is 6.20 Å². The molecule has 7 nitrogen and oxygen atoms in total. The molecule has 0 spiro atoms. The molecule has 0 aliphatic carbocycles. The molecule has 0 saturated carbocycles. The molecule has 5 rings (SSSR count). The zero-order valence-electron chi connectivity index (χ0n) is 20.9. The van der Waals surface area contributed by atoms with Crippen molar-refractivity contribution in [2.75, 3.05) is 20.2 Å². The van der Waals surface area contributed by atoms with E-state index in [9.17, 15) is 36.2 Å². The first-order chi connectivity index (χ1) is 18.8. The molecule has 1 amide bonds. The van der Waals surface area contributed by atoms with Crippen LogP contribution in [0.25, 0.3) is 16.5 Å². The molecule has 1 saturated heterocycles. The summed E-state index contributed by atoms with van der Waals surface area (Å²) in [5.41, 5.74) is -1.97. The summed E-state index contributed by atoms with van der Waals surface area (Å²) in [6, 6.07) is 6.25. The number of hydrogen-bond donors (Lipinski definition) is 3. The fraction of sp³-hybridized carbons (Fsp3) is 0.346. The van der Waals surface area contributed by atoms with Crippen LogP contribution in [0.2, 0.25) is 0 Å². The molecule has 1 fully saturated rings. The standard InChI is InChI=1S/C26H23F6N5O2S/c1-37(18-9-17(12-38)33-11-18)24-35-23(39)22(40-24)19(13-3-5-21-15(6-13)10-34-36-21)7-14-2-4-16(25(27,28)29)8-20(14)26(30,31)32/h2-6,8,10,17-18,33,38H,7,9,11-12H2,1H3,(H,34,36). The Labute approximate surface area is 228 Å². The number of rotatable bonds is 5. The number of amides is 1. The monoisotopic (exact) mass is 583 g/mol. The normalized spacial score (nSPS) is 21.3. The molecule has 0 radical (unpaired) electrons. The number of aliphatic hydroxyl groups is 1. The third-order valence-electron chi connectivity index (χ3n) is 7.03. The molecular formula is C26H23F6N5O2S. The largest absolute Gasteiger partial charge is 0.416 e. The van der Waals surface area contributed by atoms with Gasteiger partial charge in [-0.3, -0.25) is 9.89 Å². The lowest BCUT2D eigenvalue weighted by atomic mass is 9.92. The van der Waals surface area contributed by atoms with Crippen LogP contribution in [0.1, 0.15) is 28.7 Å². The third-order valence-corrected chi connectivity index (χ3v) is 8.21. The van der Waals surface area contributed by atoms with Crippen LogP contribution in [0.15, 0.2) is 52.5 Å². The fourth-order valence-corrected chi connectivity index (χ4v) is 5.88. The molecule has 3 heterocycles. The first kappa shape index (κ1) is 28.2. The summed E-state index contributed by atoms with van der Waals surface area (Å²) < 4.78 is 81.7. The highest BCUT2D eigenvalue weighted by atomic mass is 32.2. The molecule has 40 heavy (non-hydrogen) atoms. The van der Waals surface area contributed by atoms with E-state index in [2.05, 4.69) is 20.5 Å². The number of aromatic nitrogens is 2. The number of fused-ring (bicyclic) bond motifs is 1. The zero-order chi connectivity index (χ0) is 28.8. The van der Waals surface area contributed by atoms with Crippen molar-refractivity contribution in [2.45, 2.75) is 37.3 Å². The Bertz CT molecular complexity index is 1510. The van der Waals surface area contributed by atoms with E-state index in [4.69, 9.17) is 0 Å². The van der Waals surface area contributed by atoms with Crippen LogP contribution in [0, 0.1) is 0 Å². The first-order valence-corrected chi connectivity index (χ1v) is 13.0. The molecule has 14 heteroatoms. The van der Waals surface area contributed by atoms with Crippen LogP contribution in [0.3, 0.4) is 0 Å². The van der Waals surface area contributed by atoms with Gasteiger partial charge in [0.1, 0.15) is 0 Å². The van der Waals surface area contributed by atoms with E-state index in [1.54, 1.807) is 30.1 Å². The molecule has 3 N–H and O–H groups in total. The quantitative estimate of drug-likeness (QED) is 0.294. The Hall–Kier alpha value is -3.36. The first-order valence-electron chi connectivity index (χ1n) is 12.2. The van der Waals surface area contributed by atoms with E-state index in [1.807, 2.05) is 0 Å². The molecule has 0 bridgehead atoms. The second-order valence-electron chi connectivity index (χ2n) is 9.61. The number of likely N-dealkylation sites (N-methyl/N-ethyl adjacent to an activating group) is 1. The minimum Gasteiger partial charge on any atom is -0.395 e. The number of thioether (sulfide) groups is 1. The highest BCUT2D eigenvalue weighted by Crippen LogP contribution is 2.42. The molecular weight excluding hydrogens is 560 g/mol. The topological polar surface area (TPSA) is 93.6 Å². The average Bonchev–Trinajstić information content (AvgIpc) is 3.65. The summed E-state index contributed by atoms with van der Waals surface area (Å²) in [7, 11) is 1.74. The molecule has 2 aliphatic rings. The number of aliphatic hydroxyl groups excluding tert-OH is 1. The Morgan fingerprint density at radius 2 is 1.90 bits per heavy atom. The highest BCUT2D eigenvalue weighted by molar-refractivity contribution is 8.18. The maximum atomic E-state index is 14.0. The minimum atomic E-state index is -5.06. The fourth-order valence-electron chi connectivity index (χ4n) is 4.83. The SMILES string of the molecule is CN(C1=NC(=O)C(=C(Cc2ccc(C(F)(F)F)cc2C(F)(F)F)c2ccc3[nH]ncc3c2)S1)C1CNC(CO)C1. The number of nitrogens with zero attached hydrogens (tertiary/aromatic N) is 3. The maximum absolute atomic E-state index is 14.0. The van der Waals surface area contributed by atoms with Gasteiger partial charge in [-0.25, -0.2) is 0 Å². The van der Waals surface area contributed by atoms with E-state index in [0.717, 1.165) is 17.8 Å². The smallest absolute Gasteiger partial charge is 0.395 e. The number of carbonyl (C=O) groups excluding carboxylic acids is 1. The average molecular weight is 584 g/mol. The number of alkyl halides is 6. The molecule has 2 aliphatic heterocycles. The number of nitrogens with one attached hydrogen (secondary N) is 2. The molecule has 212 valence electrons. The summed E-state index contributed by atoms with van der Waals surface area (Å²) in [5, 5.41) is 20.3. The van der Waals surface area contributed by atoms with Gasteiger partial charge in [-0.15, -0.1) is 0 Å². The van der Waals surface area contributed by atoms with Crippen molar-refractivity contribution in [3.8, 4) is 0 Å². The van der Waals surface area contributed by atoms with Gasteiger partial charge in [0.15, 0.2) is 5.17 Å². The number of hydrogen-bond acceptors (Lipinski definition) is 6. The minimum absolute atomic E-state index is 0.0522. The lowest BCUT2D eigenvalue weighted by molar-refractivity contribution is -0.143. The number of H-pyrrole nitrogens is 1. The number of amidine groups is 1.